The Hall–Kier alpha value is -1.45. The minimum absolute atomic E-state index is 0.0129. The Labute approximate surface area is 118 Å². The Morgan fingerprint density at radius 3 is 2.70 bits per heavy atom. The molecule has 4 atom stereocenters. The predicted molar refractivity (Wildman–Crippen MR) is 69.5 cm³/mol. The van der Waals surface area contributed by atoms with E-state index >= 15 is 0 Å². The van der Waals surface area contributed by atoms with Crippen molar-refractivity contribution in [3.63, 3.8) is 0 Å². The van der Waals surface area contributed by atoms with Crippen LogP contribution in [0.5, 0.6) is 0 Å². The summed E-state index contributed by atoms with van der Waals surface area (Å²) in [6.45, 7) is -0.161. The fourth-order valence-corrected chi connectivity index (χ4v) is 2.03. The maximum Gasteiger partial charge on any atom is 0.289 e. The third kappa shape index (κ3) is 3.00. The zero-order valence-corrected chi connectivity index (χ0v) is 10.9. The molecule has 0 aliphatic carbocycles. The van der Waals surface area contributed by atoms with Crippen molar-refractivity contribution in [1.29, 1.82) is 0 Å². The smallest absolute Gasteiger partial charge is 0.289 e. The van der Waals surface area contributed by atoms with Crippen LogP contribution in [0.1, 0.15) is 0 Å². The number of hydrogen-bond donors (Lipinski definition) is 4. The van der Waals surface area contributed by atoms with Crippen LogP contribution in [0.2, 0.25) is 5.02 Å². The van der Waals surface area contributed by atoms with Gasteiger partial charge >= 0.3 is 0 Å². The van der Waals surface area contributed by atoms with Gasteiger partial charge in [-0.25, -0.2) is 0 Å². The average Bonchev–Trinajstić information content (AvgIpc) is 2.41. The van der Waals surface area contributed by atoms with Gasteiger partial charge in [-0.15, -0.1) is 0 Å². The summed E-state index contributed by atoms with van der Waals surface area (Å²) in [5.74, 6) is 0. The molecule has 1 aromatic rings. The molecule has 0 radical (unpaired) electrons. The molecule has 1 fully saturated rings. The van der Waals surface area contributed by atoms with Crippen LogP contribution in [0.15, 0.2) is 18.2 Å². The highest BCUT2D eigenvalue weighted by atomic mass is 35.5. The molecule has 0 amide bonds. The van der Waals surface area contributed by atoms with Gasteiger partial charge in [0.2, 0.25) is 0 Å². The van der Waals surface area contributed by atoms with Crippen LogP contribution in [-0.2, 0) is 4.74 Å². The molecule has 1 heterocycles. The Morgan fingerprint density at radius 2 is 2.05 bits per heavy atom. The van der Waals surface area contributed by atoms with E-state index in [9.17, 15) is 25.4 Å². The number of aliphatic hydroxyl groups is 3. The normalized spacial score (nSPS) is 30.0. The number of nitrogens with zero attached hydrogens (tertiary/aromatic N) is 1. The molecule has 1 aliphatic rings. The minimum atomic E-state index is -1.37. The van der Waals surface area contributed by atoms with Crippen molar-refractivity contribution in [2.75, 3.05) is 11.9 Å². The topological polar surface area (TPSA) is 125 Å². The van der Waals surface area contributed by atoms with Crippen LogP contribution in [0, 0.1) is 10.1 Å². The highest BCUT2D eigenvalue weighted by Gasteiger charge is 2.37. The largest absolute Gasteiger partial charge is 0.388 e. The molecule has 4 unspecified atom stereocenters. The third-order valence-corrected chi connectivity index (χ3v) is 3.27. The second-order valence-electron chi connectivity index (χ2n) is 4.37. The number of aliphatic hydroxyl groups excluding tert-OH is 3. The lowest BCUT2D eigenvalue weighted by Crippen LogP contribution is -2.55. The fraction of sp³-hybridized carbons (Fsp3) is 0.455. The number of ether oxygens (including phenoxy) is 1. The first-order chi connectivity index (χ1) is 9.40. The SMILES string of the molecule is O=[N+]([O-])c1cc(NC2OCC(O)C(O)C2O)ccc1Cl. The zero-order valence-electron chi connectivity index (χ0n) is 10.1. The lowest BCUT2D eigenvalue weighted by Gasteiger charge is -2.35. The van der Waals surface area contributed by atoms with Crippen molar-refractivity contribution < 1.29 is 25.0 Å². The summed E-state index contributed by atoms with van der Waals surface area (Å²) in [5.41, 5.74) is 0.0105. The van der Waals surface area contributed by atoms with Crippen molar-refractivity contribution in [3.05, 3.63) is 33.3 Å². The first-order valence-corrected chi connectivity index (χ1v) is 6.14. The van der Waals surface area contributed by atoms with Gasteiger partial charge in [0.1, 0.15) is 23.3 Å². The zero-order chi connectivity index (χ0) is 14.9. The van der Waals surface area contributed by atoms with E-state index in [0.717, 1.165) is 0 Å². The van der Waals surface area contributed by atoms with Crippen molar-refractivity contribution in [3.8, 4) is 0 Å². The fourth-order valence-electron chi connectivity index (χ4n) is 1.84. The quantitative estimate of drug-likeness (QED) is 0.461. The monoisotopic (exact) mass is 304 g/mol. The molecule has 0 saturated carbocycles. The maximum atomic E-state index is 10.8. The molecule has 20 heavy (non-hydrogen) atoms. The predicted octanol–water partition coefficient (Wildman–Crippen LogP) is 0.0991. The number of rotatable bonds is 3. The van der Waals surface area contributed by atoms with E-state index in [1.807, 2.05) is 0 Å². The minimum Gasteiger partial charge on any atom is -0.388 e. The third-order valence-electron chi connectivity index (χ3n) is 2.95. The summed E-state index contributed by atoms with van der Waals surface area (Å²) in [7, 11) is 0. The van der Waals surface area contributed by atoms with Crippen molar-refractivity contribution in [1.82, 2.24) is 0 Å². The molecule has 0 aromatic heterocycles. The van der Waals surface area contributed by atoms with Crippen LogP contribution in [0.25, 0.3) is 0 Å². The first kappa shape index (κ1) is 14.9. The molecular formula is C11H13ClN2O6. The van der Waals surface area contributed by atoms with E-state index in [1.165, 1.54) is 18.2 Å². The maximum absolute atomic E-state index is 10.8. The average molecular weight is 305 g/mol. The second-order valence-corrected chi connectivity index (χ2v) is 4.78. The van der Waals surface area contributed by atoms with Gasteiger partial charge in [-0.3, -0.25) is 10.1 Å². The van der Waals surface area contributed by atoms with Gasteiger partial charge in [0.15, 0.2) is 6.23 Å². The second kappa shape index (κ2) is 5.90. The van der Waals surface area contributed by atoms with E-state index in [1.54, 1.807) is 0 Å². The molecule has 2 rings (SSSR count). The van der Waals surface area contributed by atoms with Crippen LogP contribution in [-0.4, -0.2) is 51.4 Å². The number of halogens is 1. The molecule has 1 aromatic carbocycles. The molecule has 8 nitrogen and oxygen atoms in total. The van der Waals surface area contributed by atoms with E-state index < -0.39 is 29.5 Å². The summed E-state index contributed by atoms with van der Waals surface area (Å²) in [6.07, 6.45) is -4.89. The Kier molecular flexibility index (Phi) is 4.41. The molecule has 0 bridgehead atoms. The van der Waals surface area contributed by atoms with E-state index in [-0.39, 0.29) is 17.3 Å². The van der Waals surface area contributed by atoms with Crippen molar-refractivity contribution in [2.45, 2.75) is 24.5 Å². The van der Waals surface area contributed by atoms with Gasteiger partial charge < -0.3 is 25.4 Å². The highest BCUT2D eigenvalue weighted by Crippen LogP contribution is 2.28. The van der Waals surface area contributed by atoms with Gasteiger partial charge in [-0.1, -0.05) is 11.6 Å². The summed E-state index contributed by atoms with van der Waals surface area (Å²) >= 11 is 5.68. The van der Waals surface area contributed by atoms with Gasteiger partial charge in [0.05, 0.1) is 11.5 Å². The number of nitrogens with one attached hydrogen (secondary N) is 1. The number of anilines is 1. The number of nitro benzene ring substituents is 1. The number of benzene rings is 1. The number of hydrogen-bond acceptors (Lipinski definition) is 7. The molecule has 4 N–H and O–H groups in total. The van der Waals surface area contributed by atoms with Gasteiger partial charge in [-0.2, -0.15) is 0 Å². The van der Waals surface area contributed by atoms with Crippen molar-refractivity contribution in [2.24, 2.45) is 0 Å². The summed E-state index contributed by atoms with van der Waals surface area (Å²) in [5, 5.41) is 42.0. The lowest BCUT2D eigenvalue weighted by atomic mass is 10.0. The van der Waals surface area contributed by atoms with Crippen molar-refractivity contribution >= 4 is 23.0 Å². The van der Waals surface area contributed by atoms with E-state index in [2.05, 4.69) is 5.32 Å². The number of nitro groups is 1. The van der Waals surface area contributed by atoms with Crippen LogP contribution in [0.3, 0.4) is 0 Å². The summed E-state index contributed by atoms with van der Waals surface area (Å²) in [6, 6.07) is 4.00. The molecule has 1 aliphatic heterocycles. The van der Waals surface area contributed by atoms with E-state index in [0.29, 0.717) is 5.69 Å². The van der Waals surface area contributed by atoms with E-state index in [4.69, 9.17) is 16.3 Å². The van der Waals surface area contributed by atoms with Crippen LogP contribution >= 0.6 is 11.6 Å². The van der Waals surface area contributed by atoms with Crippen LogP contribution in [0.4, 0.5) is 11.4 Å². The molecule has 110 valence electrons. The molecule has 0 spiro atoms. The Bertz CT molecular complexity index is 514. The van der Waals surface area contributed by atoms with Gasteiger partial charge in [-0.05, 0) is 12.1 Å². The first-order valence-electron chi connectivity index (χ1n) is 5.76. The van der Waals surface area contributed by atoms with Crippen LogP contribution < -0.4 is 5.32 Å². The molecule has 9 heteroatoms. The molecular weight excluding hydrogens is 292 g/mol. The standard InChI is InChI=1S/C11H13ClN2O6/c12-6-2-1-5(3-7(6)14(18)19)13-11-10(17)9(16)8(15)4-20-11/h1-3,8-11,13,15-17H,4H2. The molecule has 1 saturated heterocycles. The summed E-state index contributed by atoms with van der Waals surface area (Å²) < 4.78 is 5.13. The lowest BCUT2D eigenvalue weighted by molar-refractivity contribution is -0.384. The van der Waals surface area contributed by atoms with Gasteiger partial charge in [0.25, 0.3) is 5.69 Å². The Balaban J connectivity index is 2.14. The Morgan fingerprint density at radius 1 is 1.35 bits per heavy atom. The van der Waals surface area contributed by atoms with Gasteiger partial charge in [0, 0.05) is 11.8 Å². The summed E-state index contributed by atoms with van der Waals surface area (Å²) in [4.78, 5) is 10.1. The highest BCUT2D eigenvalue weighted by molar-refractivity contribution is 6.32.